The molecule has 0 amide bonds. The highest BCUT2D eigenvalue weighted by Crippen LogP contribution is 2.32. The van der Waals surface area contributed by atoms with Crippen LogP contribution >= 0.6 is 0 Å². The second-order valence-corrected chi connectivity index (χ2v) is 7.45. The Labute approximate surface area is 92.8 Å². The van der Waals surface area contributed by atoms with Crippen molar-refractivity contribution < 1.29 is 13.5 Å². The number of aliphatic hydroxyl groups is 1. The van der Waals surface area contributed by atoms with E-state index in [0.29, 0.717) is 0 Å². The fourth-order valence-electron chi connectivity index (χ4n) is 2.26. The standard InChI is InChI=1S/C11H22O3S/c1-8-4-6-10(7-5-8)11(12)9(2)15(3,13)14/h8-12H,4-7H2,1-3H3. The summed E-state index contributed by atoms with van der Waals surface area (Å²) in [5.41, 5.74) is 0. The first kappa shape index (κ1) is 13.0. The normalized spacial score (nSPS) is 32.3. The summed E-state index contributed by atoms with van der Waals surface area (Å²) in [6, 6.07) is 0. The predicted octanol–water partition coefficient (Wildman–Crippen LogP) is 1.61. The van der Waals surface area contributed by atoms with Crippen molar-refractivity contribution in [2.24, 2.45) is 11.8 Å². The molecule has 15 heavy (non-hydrogen) atoms. The van der Waals surface area contributed by atoms with Crippen LogP contribution in [0.1, 0.15) is 39.5 Å². The Morgan fingerprint density at radius 1 is 1.20 bits per heavy atom. The highest BCUT2D eigenvalue weighted by Gasteiger charge is 2.32. The summed E-state index contributed by atoms with van der Waals surface area (Å²) in [7, 11) is -3.11. The third-order valence-corrected chi connectivity index (χ3v) is 5.33. The molecule has 1 aliphatic carbocycles. The molecule has 90 valence electrons. The minimum Gasteiger partial charge on any atom is -0.392 e. The number of hydrogen-bond donors (Lipinski definition) is 1. The van der Waals surface area contributed by atoms with E-state index in [1.165, 1.54) is 6.26 Å². The maximum atomic E-state index is 11.3. The lowest BCUT2D eigenvalue weighted by Crippen LogP contribution is -2.38. The van der Waals surface area contributed by atoms with Crippen molar-refractivity contribution in [1.29, 1.82) is 0 Å². The van der Waals surface area contributed by atoms with Gasteiger partial charge in [0.1, 0.15) is 0 Å². The molecule has 0 bridgehead atoms. The van der Waals surface area contributed by atoms with Crippen LogP contribution in [0.4, 0.5) is 0 Å². The molecule has 2 atom stereocenters. The molecular weight excluding hydrogens is 212 g/mol. The van der Waals surface area contributed by atoms with E-state index in [-0.39, 0.29) is 5.92 Å². The molecule has 0 aliphatic heterocycles. The van der Waals surface area contributed by atoms with Gasteiger partial charge >= 0.3 is 0 Å². The molecule has 1 rings (SSSR count). The van der Waals surface area contributed by atoms with E-state index in [0.717, 1.165) is 31.6 Å². The van der Waals surface area contributed by atoms with Gasteiger partial charge in [-0.15, -0.1) is 0 Å². The fraction of sp³-hybridized carbons (Fsp3) is 1.00. The summed E-state index contributed by atoms with van der Waals surface area (Å²) < 4.78 is 22.6. The second kappa shape index (κ2) is 4.83. The van der Waals surface area contributed by atoms with Gasteiger partial charge in [0, 0.05) is 6.26 Å². The third-order valence-electron chi connectivity index (χ3n) is 3.70. The van der Waals surface area contributed by atoms with Crippen LogP contribution in [0.25, 0.3) is 0 Å². The summed E-state index contributed by atoms with van der Waals surface area (Å²) >= 11 is 0. The Bertz CT molecular complexity index is 289. The minimum absolute atomic E-state index is 0.172. The highest BCUT2D eigenvalue weighted by molar-refractivity contribution is 7.91. The largest absolute Gasteiger partial charge is 0.392 e. The van der Waals surface area contributed by atoms with E-state index in [1.807, 2.05) is 0 Å². The van der Waals surface area contributed by atoms with Crippen LogP contribution < -0.4 is 0 Å². The lowest BCUT2D eigenvalue weighted by molar-refractivity contribution is 0.0752. The molecule has 3 nitrogen and oxygen atoms in total. The first-order chi connectivity index (χ1) is 6.82. The summed E-state index contributed by atoms with van der Waals surface area (Å²) in [5.74, 6) is 0.896. The summed E-state index contributed by atoms with van der Waals surface area (Å²) in [6.07, 6.45) is 4.65. The Morgan fingerprint density at radius 2 is 1.67 bits per heavy atom. The molecule has 1 aliphatic rings. The molecule has 2 unspecified atom stereocenters. The van der Waals surface area contributed by atoms with Crippen LogP contribution in [0, 0.1) is 11.8 Å². The van der Waals surface area contributed by atoms with Gasteiger partial charge in [0.05, 0.1) is 11.4 Å². The molecule has 4 heteroatoms. The van der Waals surface area contributed by atoms with E-state index in [2.05, 4.69) is 6.92 Å². The van der Waals surface area contributed by atoms with Crippen molar-refractivity contribution >= 4 is 9.84 Å². The smallest absolute Gasteiger partial charge is 0.152 e. The van der Waals surface area contributed by atoms with Gasteiger partial charge in [-0.05, 0) is 31.6 Å². The topological polar surface area (TPSA) is 54.4 Å². The number of rotatable bonds is 3. The van der Waals surface area contributed by atoms with E-state index in [9.17, 15) is 13.5 Å². The fourth-order valence-corrected chi connectivity index (χ4v) is 2.99. The Morgan fingerprint density at radius 3 is 2.07 bits per heavy atom. The molecule has 0 radical (unpaired) electrons. The zero-order chi connectivity index (χ0) is 11.6. The maximum absolute atomic E-state index is 11.3. The van der Waals surface area contributed by atoms with Crippen LogP contribution in [0.5, 0.6) is 0 Å². The zero-order valence-electron chi connectivity index (χ0n) is 9.81. The summed E-state index contributed by atoms with van der Waals surface area (Å²) in [4.78, 5) is 0. The summed E-state index contributed by atoms with van der Waals surface area (Å²) in [6.45, 7) is 3.82. The van der Waals surface area contributed by atoms with Gasteiger partial charge in [0.25, 0.3) is 0 Å². The number of aliphatic hydroxyl groups excluding tert-OH is 1. The van der Waals surface area contributed by atoms with Crippen LogP contribution in [0.3, 0.4) is 0 Å². The van der Waals surface area contributed by atoms with Crippen molar-refractivity contribution in [2.75, 3.05) is 6.26 Å². The van der Waals surface area contributed by atoms with E-state index < -0.39 is 21.2 Å². The van der Waals surface area contributed by atoms with Crippen LogP contribution in [0.2, 0.25) is 0 Å². The predicted molar refractivity (Wildman–Crippen MR) is 61.4 cm³/mol. The lowest BCUT2D eigenvalue weighted by atomic mass is 9.79. The van der Waals surface area contributed by atoms with E-state index in [1.54, 1.807) is 6.92 Å². The van der Waals surface area contributed by atoms with Gasteiger partial charge in [-0.2, -0.15) is 0 Å². The van der Waals surface area contributed by atoms with E-state index in [4.69, 9.17) is 0 Å². The minimum atomic E-state index is -3.11. The molecule has 0 saturated heterocycles. The second-order valence-electron chi connectivity index (χ2n) is 5.05. The average Bonchev–Trinajstić information content (AvgIpc) is 2.15. The van der Waals surface area contributed by atoms with Gasteiger partial charge in [-0.3, -0.25) is 0 Å². The monoisotopic (exact) mass is 234 g/mol. The van der Waals surface area contributed by atoms with Gasteiger partial charge in [-0.1, -0.05) is 19.8 Å². The average molecular weight is 234 g/mol. The Hall–Kier alpha value is -0.0900. The van der Waals surface area contributed by atoms with Crippen LogP contribution in [-0.4, -0.2) is 31.1 Å². The van der Waals surface area contributed by atoms with Gasteiger partial charge < -0.3 is 5.11 Å². The van der Waals surface area contributed by atoms with Crippen LogP contribution in [-0.2, 0) is 9.84 Å². The number of hydrogen-bond acceptors (Lipinski definition) is 3. The SMILES string of the molecule is CC1CCC(C(O)C(C)S(C)(=O)=O)CC1. The lowest BCUT2D eigenvalue weighted by Gasteiger charge is -2.32. The van der Waals surface area contributed by atoms with Crippen molar-refractivity contribution in [2.45, 2.75) is 50.9 Å². The maximum Gasteiger partial charge on any atom is 0.152 e. The summed E-state index contributed by atoms with van der Waals surface area (Å²) in [5, 5.41) is 9.36. The van der Waals surface area contributed by atoms with Crippen molar-refractivity contribution in [1.82, 2.24) is 0 Å². The molecule has 0 aromatic carbocycles. The zero-order valence-corrected chi connectivity index (χ0v) is 10.6. The molecular formula is C11H22O3S. The molecule has 0 heterocycles. The molecule has 0 spiro atoms. The van der Waals surface area contributed by atoms with Gasteiger partial charge in [0.15, 0.2) is 9.84 Å². The molecule has 1 fully saturated rings. The van der Waals surface area contributed by atoms with Crippen molar-refractivity contribution in [3.05, 3.63) is 0 Å². The highest BCUT2D eigenvalue weighted by atomic mass is 32.2. The molecule has 1 saturated carbocycles. The first-order valence-corrected chi connectivity index (χ1v) is 7.64. The first-order valence-electron chi connectivity index (χ1n) is 5.69. The third kappa shape index (κ3) is 3.45. The van der Waals surface area contributed by atoms with Crippen molar-refractivity contribution in [3.63, 3.8) is 0 Å². The molecule has 1 N–H and O–H groups in total. The number of sulfone groups is 1. The molecule has 0 aromatic rings. The quantitative estimate of drug-likeness (QED) is 0.807. The Balaban J connectivity index is 2.57. The van der Waals surface area contributed by atoms with Crippen LogP contribution in [0.15, 0.2) is 0 Å². The van der Waals surface area contributed by atoms with E-state index >= 15 is 0 Å². The Kier molecular flexibility index (Phi) is 4.18. The van der Waals surface area contributed by atoms with Crippen molar-refractivity contribution in [3.8, 4) is 0 Å². The van der Waals surface area contributed by atoms with Gasteiger partial charge in [-0.25, -0.2) is 8.42 Å². The van der Waals surface area contributed by atoms with Gasteiger partial charge in [0.2, 0.25) is 0 Å². The molecule has 0 aromatic heterocycles.